The van der Waals surface area contributed by atoms with E-state index in [0.717, 1.165) is 5.92 Å². The van der Waals surface area contributed by atoms with Crippen molar-refractivity contribution in [3.05, 3.63) is 20.6 Å². The summed E-state index contributed by atoms with van der Waals surface area (Å²) in [6.45, 7) is 4.67. The molecule has 0 saturated heterocycles. The second-order valence-electron chi connectivity index (χ2n) is 3.97. The van der Waals surface area contributed by atoms with Crippen LogP contribution in [-0.2, 0) is 20.4 Å². The van der Waals surface area contributed by atoms with Gasteiger partial charge in [0.05, 0.1) is 0 Å². The first-order valence-corrected chi connectivity index (χ1v) is 5.64. The quantitative estimate of drug-likeness (QED) is 0.391. The molecule has 0 heterocycles. The smallest absolute Gasteiger partial charge is 1.00 e. The number of hydrogen-bond acceptors (Lipinski definition) is 0. The van der Waals surface area contributed by atoms with E-state index in [0.29, 0.717) is 0 Å². The third-order valence-electron chi connectivity index (χ3n) is 3.32. The maximum atomic E-state index is 2.37. The van der Waals surface area contributed by atoms with Crippen LogP contribution in [0.3, 0.4) is 0 Å². The van der Waals surface area contributed by atoms with Gasteiger partial charge in [0.2, 0.25) is 0 Å². The minimum absolute atomic E-state index is 0. The molecule has 1 unspecified atom stereocenters. The third kappa shape index (κ3) is 3.26. The van der Waals surface area contributed by atoms with E-state index in [1.807, 2.05) is 0 Å². The molecule has 0 amide bonds. The molecule has 15 heavy (non-hydrogen) atoms. The second-order valence-corrected chi connectivity index (χ2v) is 4.81. The Hall–Kier alpha value is 1.06. The van der Waals surface area contributed by atoms with E-state index in [9.17, 15) is 0 Å². The Kier molecular flexibility index (Phi) is 9.09. The Balaban J connectivity index is 0. The molecular formula is C11H15Cl3Ti. The van der Waals surface area contributed by atoms with Crippen molar-refractivity contribution in [2.24, 2.45) is 5.92 Å². The van der Waals surface area contributed by atoms with Crippen LogP contribution < -0.4 is 37.2 Å². The van der Waals surface area contributed by atoms with Gasteiger partial charge in [0.1, 0.15) is 0 Å². The predicted molar refractivity (Wildman–Crippen MR) is 47.4 cm³/mol. The summed E-state index contributed by atoms with van der Waals surface area (Å²) in [6, 6.07) is 0. The number of rotatable bonds is 0. The molecule has 0 aliphatic heterocycles. The van der Waals surface area contributed by atoms with Crippen LogP contribution in [0, 0.1) is 5.92 Å². The normalized spacial score (nSPS) is 23.9. The summed E-state index contributed by atoms with van der Waals surface area (Å²) in [4.78, 5) is 0. The zero-order valence-corrected chi connectivity index (χ0v) is 12.9. The van der Waals surface area contributed by atoms with Crippen molar-refractivity contribution in [1.82, 2.24) is 0 Å². The molecule has 4 heteroatoms. The average Bonchev–Trinajstić information content (AvgIpc) is 2.33. The molecule has 2 aliphatic rings. The first-order valence-electron chi connectivity index (χ1n) is 4.86. The van der Waals surface area contributed by atoms with Gasteiger partial charge in [-0.1, -0.05) is 0 Å². The van der Waals surface area contributed by atoms with Gasteiger partial charge < -0.3 is 37.2 Å². The minimum Gasteiger partial charge on any atom is -1.00 e. The Morgan fingerprint density at radius 1 is 1.07 bits per heavy atom. The van der Waals surface area contributed by atoms with Gasteiger partial charge in [0.15, 0.2) is 0 Å². The van der Waals surface area contributed by atoms with Crippen LogP contribution in [0.5, 0.6) is 0 Å². The van der Waals surface area contributed by atoms with Crippen LogP contribution in [0.4, 0.5) is 0 Å². The number of halogens is 3. The van der Waals surface area contributed by atoms with Gasteiger partial charge in [0, 0.05) is 0 Å². The fraction of sp³-hybridized carbons (Fsp3) is 0.636. The molecule has 0 aromatic rings. The van der Waals surface area contributed by atoms with Crippen molar-refractivity contribution in [1.29, 1.82) is 0 Å². The van der Waals surface area contributed by atoms with Crippen LogP contribution >= 0.6 is 0 Å². The zero-order chi connectivity index (χ0) is 8.72. The average molecular weight is 301 g/mol. The van der Waals surface area contributed by atoms with E-state index in [1.54, 1.807) is 20.6 Å². The van der Waals surface area contributed by atoms with Crippen molar-refractivity contribution >= 4 is 0 Å². The fourth-order valence-electron chi connectivity index (χ4n) is 2.50. The predicted octanol–water partition coefficient (Wildman–Crippen LogP) is -5.66. The van der Waals surface area contributed by atoms with Gasteiger partial charge in [-0.2, -0.15) is 0 Å². The molecule has 0 fully saturated rings. The second kappa shape index (κ2) is 7.40. The summed E-state index contributed by atoms with van der Waals surface area (Å²) in [7, 11) is 0. The van der Waals surface area contributed by atoms with Crippen LogP contribution in [0.1, 0.15) is 39.5 Å². The van der Waals surface area contributed by atoms with E-state index in [1.165, 1.54) is 25.7 Å². The zero-order valence-electron chi connectivity index (χ0n) is 9.04. The molecule has 0 radical (unpaired) electrons. The summed E-state index contributed by atoms with van der Waals surface area (Å²) in [5.74, 6) is 0.764. The van der Waals surface area contributed by atoms with Gasteiger partial charge in [-0.05, 0) is 0 Å². The Labute approximate surface area is 123 Å². The van der Waals surface area contributed by atoms with Crippen LogP contribution in [0.25, 0.3) is 0 Å². The van der Waals surface area contributed by atoms with Gasteiger partial charge in [-0.25, -0.2) is 0 Å². The minimum atomic E-state index is 0. The van der Waals surface area contributed by atoms with Gasteiger partial charge in [0.25, 0.3) is 0 Å². The molecule has 2 aliphatic carbocycles. The first kappa shape index (κ1) is 18.4. The molecule has 0 saturated carbocycles. The van der Waals surface area contributed by atoms with E-state index in [-0.39, 0.29) is 37.2 Å². The Bertz CT molecular complexity index is 282. The molecule has 0 aromatic heterocycles. The molecule has 2 rings (SSSR count). The van der Waals surface area contributed by atoms with Crippen molar-refractivity contribution in [3.8, 4) is 0 Å². The Morgan fingerprint density at radius 3 is 2.13 bits per heavy atom. The van der Waals surface area contributed by atoms with Crippen molar-refractivity contribution < 1.29 is 57.7 Å². The topological polar surface area (TPSA) is 0 Å². The summed E-state index contributed by atoms with van der Waals surface area (Å²) >= 11 is 2.30. The van der Waals surface area contributed by atoms with Gasteiger partial charge in [-0.15, -0.1) is 0 Å². The number of hydrogen-bond donors (Lipinski definition) is 0. The van der Waals surface area contributed by atoms with E-state index < -0.39 is 0 Å². The van der Waals surface area contributed by atoms with Crippen LogP contribution in [-0.4, -0.2) is 0 Å². The summed E-state index contributed by atoms with van der Waals surface area (Å²) < 4.78 is 1.63. The summed E-state index contributed by atoms with van der Waals surface area (Å²) in [5.41, 5.74) is 5.08. The van der Waals surface area contributed by atoms with E-state index in [2.05, 4.69) is 34.3 Å². The van der Waals surface area contributed by atoms with Crippen LogP contribution in [0.2, 0.25) is 0 Å². The van der Waals surface area contributed by atoms with E-state index in [4.69, 9.17) is 0 Å². The molecule has 1 atom stereocenters. The molecule has 84 valence electrons. The molecule has 0 aromatic carbocycles. The van der Waals surface area contributed by atoms with Crippen LogP contribution in [0.15, 0.2) is 20.6 Å². The first-order chi connectivity index (χ1) is 5.72. The molecule has 0 N–H and O–H groups in total. The number of allylic oxidation sites excluding steroid dienone is 4. The monoisotopic (exact) mass is 300 g/mol. The largest absolute Gasteiger partial charge is 1.00 e. The maximum Gasteiger partial charge on any atom is -1.00 e. The van der Waals surface area contributed by atoms with Crippen molar-refractivity contribution in [3.63, 3.8) is 0 Å². The van der Waals surface area contributed by atoms with Crippen molar-refractivity contribution in [2.45, 2.75) is 39.5 Å². The molecule has 0 nitrogen and oxygen atoms in total. The molecule has 0 bridgehead atoms. The maximum absolute atomic E-state index is 2.37. The standard InChI is InChI=1S/C11H15.3ClH.Ti/c1-8-7-9(2)11-6-4-3-5-10(8)11;;;;/h8H,3-6H2,1-2H3;3*1H;/q;;;;+3/p-3. The van der Waals surface area contributed by atoms with Gasteiger partial charge in [-0.3, -0.25) is 0 Å². The van der Waals surface area contributed by atoms with E-state index >= 15 is 0 Å². The molecule has 0 spiro atoms. The SMILES string of the molecule is CC1=[C]([Ti+3])C(C)C2=C1CCCC2.[Cl-].[Cl-].[Cl-]. The van der Waals surface area contributed by atoms with Crippen molar-refractivity contribution in [2.75, 3.05) is 0 Å². The summed E-state index contributed by atoms with van der Waals surface area (Å²) in [5, 5.41) is 0. The fourth-order valence-corrected chi connectivity index (χ4v) is 3.00. The third-order valence-corrected chi connectivity index (χ3v) is 4.58. The van der Waals surface area contributed by atoms with Gasteiger partial charge >= 0.3 is 86.5 Å². The summed E-state index contributed by atoms with van der Waals surface area (Å²) in [6.07, 6.45) is 5.55. The Morgan fingerprint density at radius 2 is 1.60 bits per heavy atom. The molecular weight excluding hydrogens is 286 g/mol.